The molecule has 144 valence electrons. The molecule has 1 N–H and O–H groups in total. The minimum atomic E-state index is -0.455. The molecule has 0 bridgehead atoms. The lowest BCUT2D eigenvalue weighted by Crippen LogP contribution is -2.42. The van der Waals surface area contributed by atoms with Gasteiger partial charge in [-0.2, -0.15) is 0 Å². The van der Waals surface area contributed by atoms with Gasteiger partial charge in [0.15, 0.2) is 5.76 Å². The van der Waals surface area contributed by atoms with E-state index >= 15 is 0 Å². The summed E-state index contributed by atoms with van der Waals surface area (Å²) in [7, 11) is 0. The number of carbonyl (C=O) groups excluding carboxylic acids is 1. The maximum atomic E-state index is 13.8. The molecule has 3 aromatic rings. The van der Waals surface area contributed by atoms with Gasteiger partial charge in [-0.1, -0.05) is 17.3 Å². The molecule has 1 aliphatic heterocycles. The first-order valence-corrected chi connectivity index (χ1v) is 9.16. The van der Waals surface area contributed by atoms with Gasteiger partial charge >= 0.3 is 6.03 Å². The Hall–Kier alpha value is -3.29. The van der Waals surface area contributed by atoms with Gasteiger partial charge in [0, 0.05) is 31.3 Å². The van der Waals surface area contributed by atoms with E-state index in [1.165, 1.54) is 12.4 Å². The highest BCUT2D eigenvalue weighted by atomic mass is 19.1. The highest BCUT2D eigenvalue weighted by molar-refractivity contribution is 5.89. The number of aromatic nitrogens is 3. The predicted molar refractivity (Wildman–Crippen MR) is 101 cm³/mol. The Balaban J connectivity index is 1.53. The van der Waals surface area contributed by atoms with Crippen molar-refractivity contribution >= 4 is 11.7 Å². The Kier molecular flexibility index (Phi) is 5.01. The van der Waals surface area contributed by atoms with Gasteiger partial charge in [0.2, 0.25) is 0 Å². The van der Waals surface area contributed by atoms with E-state index in [4.69, 9.17) is 4.52 Å². The number of carbonyl (C=O) groups is 1. The van der Waals surface area contributed by atoms with Crippen LogP contribution in [-0.4, -0.2) is 39.1 Å². The number of urea groups is 1. The third kappa shape index (κ3) is 3.71. The average Bonchev–Trinajstić information content (AvgIpc) is 3.16. The molecule has 0 aliphatic carbocycles. The van der Waals surface area contributed by atoms with Gasteiger partial charge in [-0.3, -0.25) is 0 Å². The van der Waals surface area contributed by atoms with E-state index in [9.17, 15) is 9.18 Å². The van der Waals surface area contributed by atoms with Crippen LogP contribution in [0.3, 0.4) is 0 Å². The van der Waals surface area contributed by atoms with Crippen LogP contribution in [0.5, 0.6) is 0 Å². The van der Waals surface area contributed by atoms with Crippen LogP contribution >= 0.6 is 0 Å². The summed E-state index contributed by atoms with van der Waals surface area (Å²) < 4.78 is 19.2. The quantitative estimate of drug-likeness (QED) is 0.742. The molecule has 0 radical (unpaired) electrons. The number of halogens is 1. The molecule has 4 rings (SSSR count). The van der Waals surface area contributed by atoms with Crippen LogP contribution in [0.4, 0.5) is 14.9 Å². The molecule has 1 aliphatic rings. The van der Waals surface area contributed by atoms with Crippen LogP contribution < -0.4 is 5.32 Å². The first kappa shape index (κ1) is 18.1. The number of aryl methyl sites for hydroxylation is 1. The molecule has 2 amide bonds. The number of nitrogens with one attached hydrogen (secondary N) is 1. The van der Waals surface area contributed by atoms with Crippen molar-refractivity contribution in [3.63, 3.8) is 0 Å². The molecule has 8 heteroatoms. The van der Waals surface area contributed by atoms with Crippen molar-refractivity contribution in [2.24, 2.45) is 0 Å². The third-order valence-corrected chi connectivity index (χ3v) is 4.85. The zero-order chi connectivity index (χ0) is 19.5. The molecule has 1 unspecified atom stereocenters. The van der Waals surface area contributed by atoms with Gasteiger partial charge in [0.1, 0.15) is 12.1 Å². The topological polar surface area (TPSA) is 84.2 Å². The molecule has 2 aromatic heterocycles. The van der Waals surface area contributed by atoms with Crippen molar-refractivity contribution in [3.8, 4) is 11.3 Å². The molecule has 1 saturated heterocycles. The Morgan fingerprint density at radius 3 is 3.00 bits per heavy atom. The summed E-state index contributed by atoms with van der Waals surface area (Å²) in [4.78, 5) is 22.9. The van der Waals surface area contributed by atoms with E-state index in [1.54, 1.807) is 29.3 Å². The Labute approximate surface area is 161 Å². The monoisotopic (exact) mass is 381 g/mol. The van der Waals surface area contributed by atoms with Crippen molar-refractivity contribution in [1.29, 1.82) is 0 Å². The number of nitrogens with zero attached hydrogens (tertiary/aromatic N) is 4. The second kappa shape index (κ2) is 7.75. The van der Waals surface area contributed by atoms with Crippen LogP contribution in [0.15, 0.2) is 47.4 Å². The summed E-state index contributed by atoms with van der Waals surface area (Å²) in [5.74, 6) is 0.188. The van der Waals surface area contributed by atoms with E-state index in [-0.39, 0.29) is 17.6 Å². The number of piperidine rings is 1. The first-order valence-electron chi connectivity index (χ1n) is 9.16. The maximum absolute atomic E-state index is 13.8. The van der Waals surface area contributed by atoms with E-state index in [0.717, 1.165) is 29.8 Å². The summed E-state index contributed by atoms with van der Waals surface area (Å²) in [5, 5.41) is 6.59. The molecule has 1 atom stereocenters. The minimum Gasteiger partial charge on any atom is -0.356 e. The number of amides is 2. The van der Waals surface area contributed by atoms with E-state index < -0.39 is 5.82 Å². The Morgan fingerprint density at radius 1 is 1.36 bits per heavy atom. The molecular formula is C20H20FN5O2. The number of hydrogen-bond acceptors (Lipinski definition) is 5. The largest absolute Gasteiger partial charge is 0.356 e. The zero-order valence-electron chi connectivity index (χ0n) is 15.4. The number of hydrogen-bond donors (Lipinski definition) is 1. The van der Waals surface area contributed by atoms with Gasteiger partial charge in [0.05, 0.1) is 22.6 Å². The summed E-state index contributed by atoms with van der Waals surface area (Å²) in [6, 6.07) is 7.66. The van der Waals surface area contributed by atoms with E-state index in [1.807, 2.05) is 13.0 Å². The number of rotatable bonds is 3. The molecule has 28 heavy (non-hydrogen) atoms. The van der Waals surface area contributed by atoms with Crippen LogP contribution in [0.1, 0.15) is 30.1 Å². The molecule has 0 saturated carbocycles. The lowest BCUT2D eigenvalue weighted by molar-refractivity contribution is 0.192. The number of likely N-dealkylation sites (tertiary alicyclic amines) is 1. The van der Waals surface area contributed by atoms with Crippen molar-refractivity contribution in [2.75, 3.05) is 18.4 Å². The summed E-state index contributed by atoms with van der Waals surface area (Å²) >= 11 is 0. The van der Waals surface area contributed by atoms with Crippen LogP contribution in [0.25, 0.3) is 11.3 Å². The van der Waals surface area contributed by atoms with Crippen molar-refractivity contribution < 1.29 is 13.7 Å². The molecule has 0 spiro atoms. The minimum absolute atomic E-state index is 0.0310. The molecule has 1 aromatic carbocycles. The van der Waals surface area contributed by atoms with Crippen LogP contribution in [0.2, 0.25) is 0 Å². The highest BCUT2D eigenvalue weighted by Gasteiger charge is 2.28. The molecule has 3 heterocycles. The van der Waals surface area contributed by atoms with Gasteiger partial charge in [-0.05, 0) is 31.9 Å². The standard InChI is InChI=1S/C20H20FN5O2/c1-13-9-18(28-25-13)15-10-22-12-23-19(15)14-5-4-8-26(11-14)20(27)24-17-7-3-2-6-16(17)21/h2-3,6-7,9-10,12,14H,4-5,8,11H2,1H3,(H,24,27). The second-order valence-corrected chi connectivity index (χ2v) is 6.85. The summed E-state index contributed by atoms with van der Waals surface area (Å²) in [6.45, 7) is 2.95. The van der Waals surface area contributed by atoms with Crippen molar-refractivity contribution in [2.45, 2.75) is 25.7 Å². The van der Waals surface area contributed by atoms with E-state index in [2.05, 4.69) is 20.4 Å². The third-order valence-electron chi connectivity index (χ3n) is 4.85. The number of benzene rings is 1. The van der Waals surface area contributed by atoms with E-state index in [0.29, 0.717) is 18.8 Å². The lowest BCUT2D eigenvalue weighted by Gasteiger charge is -2.33. The van der Waals surface area contributed by atoms with Gasteiger partial charge in [0.25, 0.3) is 0 Å². The number of anilines is 1. The van der Waals surface area contributed by atoms with Gasteiger partial charge in [-0.15, -0.1) is 0 Å². The smallest absolute Gasteiger partial charge is 0.321 e. The lowest BCUT2D eigenvalue weighted by atomic mass is 9.91. The molecule has 1 fully saturated rings. The van der Waals surface area contributed by atoms with Crippen LogP contribution in [0, 0.1) is 12.7 Å². The normalized spacial score (nSPS) is 16.8. The van der Waals surface area contributed by atoms with Gasteiger partial charge < -0.3 is 14.7 Å². The SMILES string of the molecule is Cc1cc(-c2cncnc2C2CCCN(C(=O)Nc3ccccc3F)C2)on1. The number of para-hydroxylation sites is 1. The fourth-order valence-electron chi connectivity index (χ4n) is 3.49. The summed E-state index contributed by atoms with van der Waals surface area (Å²) in [5.41, 5.74) is 2.56. The highest BCUT2D eigenvalue weighted by Crippen LogP contribution is 2.33. The van der Waals surface area contributed by atoms with Crippen LogP contribution in [-0.2, 0) is 0 Å². The molecular weight excluding hydrogens is 361 g/mol. The Bertz CT molecular complexity index is 990. The maximum Gasteiger partial charge on any atom is 0.321 e. The second-order valence-electron chi connectivity index (χ2n) is 6.85. The van der Waals surface area contributed by atoms with Crippen molar-refractivity contribution in [1.82, 2.24) is 20.0 Å². The van der Waals surface area contributed by atoms with Crippen molar-refractivity contribution in [3.05, 3.63) is 60.1 Å². The summed E-state index contributed by atoms with van der Waals surface area (Å²) in [6.07, 6.45) is 4.93. The average molecular weight is 381 g/mol. The zero-order valence-corrected chi connectivity index (χ0v) is 15.4. The van der Waals surface area contributed by atoms with Gasteiger partial charge in [-0.25, -0.2) is 19.2 Å². The first-order chi connectivity index (χ1) is 13.6. The molecule has 7 nitrogen and oxygen atoms in total. The fraction of sp³-hybridized carbons (Fsp3) is 0.300. The Morgan fingerprint density at radius 2 is 2.21 bits per heavy atom. The fourth-order valence-corrected chi connectivity index (χ4v) is 3.49. The predicted octanol–water partition coefficient (Wildman–Crippen LogP) is 3.99.